The second kappa shape index (κ2) is 18.8. The summed E-state index contributed by atoms with van der Waals surface area (Å²) in [4.78, 5) is 0. The third-order valence-corrected chi connectivity index (χ3v) is 2.38. The highest BCUT2D eigenvalue weighted by Gasteiger charge is 2.04. The van der Waals surface area contributed by atoms with Gasteiger partial charge in [-0.15, -0.1) is 0 Å². The van der Waals surface area contributed by atoms with Crippen LogP contribution in [-0.2, 0) is 9.47 Å². The molecule has 6 heteroatoms. The smallest absolute Gasteiger partial charge is 0.353 e. The first-order valence-corrected chi connectivity index (χ1v) is 11.3. The summed E-state index contributed by atoms with van der Waals surface area (Å²) in [5, 5.41) is 0. The minimum Gasteiger partial charge on any atom is -0.353 e. The molecular weight excluding hydrogens is 275 g/mol. The van der Waals surface area contributed by atoms with Crippen molar-refractivity contribution >= 4 is 46.5 Å². The predicted octanol–water partition coefficient (Wildman–Crippen LogP) is 2.47. The molecule has 0 bridgehead atoms. The summed E-state index contributed by atoms with van der Waals surface area (Å²) in [6, 6.07) is 2.10. The monoisotopic (exact) mass is 297 g/mol. The van der Waals surface area contributed by atoms with Gasteiger partial charge in [0.05, 0.1) is 0 Å². The van der Waals surface area contributed by atoms with Crippen LogP contribution in [0.1, 0.15) is 39.5 Å². The molecule has 0 atom stereocenters. The number of hydrogen-bond donors (Lipinski definition) is 0. The van der Waals surface area contributed by atoms with Crippen LogP contribution in [0.5, 0.6) is 0 Å². The standard InChI is InChI=1S/C10H23O2Si.2ClH.Mg/c1-3-5-7-11-10(9-13)12-8-6-4-2;;;/h9-10H,3-8H2,1-2,13H3;2*1H;/q;;;+2/p-2. The van der Waals surface area contributed by atoms with Gasteiger partial charge in [0.1, 0.15) is 0 Å². The molecule has 0 N–H and O–H groups in total. The zero-order valence-corrected chi connectivity index (χ0v) is 15.6. The second-order valence-electron chi connectivity index (χ2n) is 3.25. The Morgan fingerprint density at radius 3 is 1.75 bits per heavy atom. The van der Waals surface area contributed by atoms with E-state index in [1.165, 1.54) is 12.8 Å². The Morgan fingerprint density at radius 1 is 1.12 bits per heavy atom. The molecule has 0 aromatic carbocycles. The van der Waals surface area contributed by atoms with Gasteiger partial charge in [0.15, 0.2) is 6.29 Å². The van der Waals surface area contributed by atoms with E-state index in [0.717, 1.165) is 36.3 Å². The minimum atomic E-state index is -0.639. The first-order chi connectivity index (χ1) is 7.76. The molecule has 16 heavy (non-hydrogen) atoms. The number of hydrogen-bond acceptors (Lipinski definition) is 2. The Hall–Kier alpha value is 1.48. The lowest BCUT2D eigenvalue weighted by Gasteiger charge is -2.16. The second-order valence-corrected chi connectivity index (χ2v) is 6.54. The fourth-order valence-corrected chi connectivity index (χ4v) is 1.31. The first kappa shape index (κ1) is 19.8. The molecule has 0 fully saturated rings. The summed E-state index contributed by atoms with van der Waals surface area (Å²) >= 11 is -0.639. The van der Waals surface area contributed by atoms with Gasteiger partial charge in [0, 0.05) is 23.5 Å². The highest BCUT2D eigenvalue weighted by atomic mass is 35.6. The quantitative estimate of drug-likeness (QED) is 0.370. The van der Waals surface area contributed by atoms with E-state index >= 15 is 0 Å². The SMILES string of the molecule is CCCCOC([CH][SiH3])OCCCC.[Cl][Mg][Cl]. The maximum Gasteiger partial charge on any atom is 0.618 e. The molecule has 0 rings (SSSR count). The molecule has 95 valence electrons. The van der Waals surface area contributed by atoms with Gasteiger partial charge in [0.2, 0.25) is 0 Å². The zero-order valence-electron chi connectivity index (χ0n) is 10.7. The third kappa shape index (κ3) is 17.9. The van der Waals surface area contributed by atoms with Crippen LogP contribution >= 0.6 is 18.1 Å². The minimum absolute atomic E-state index is 0.0373. The lowest BCUT2D eigenvalue weighted by molar-refractivity contribution is -0.117. The van der Waals surface area contributed by atoms with Gasteiger partial charge in [-0.05, 0) is 18.9 Å². The van der Waals surface area contributed by atoms with Gasteiger partial charge < -0.3 is 27.6 Å². The molecule has 0 unspecified atom stereocenters. The van der Waals surface area contributed by atoms with Crippen molar-refractivity contribution in [3.05, 3.63) is 6.04 Å². The number of rotatable bonds is 9. The molecule has 0 spiro atoms. The van der Waals surface area contributed by atoms with E-state index in [9.17, 15) is 0 Å². The summed E-state index contributed by atoms with van der Waals surface area (Å²) < 4.78 is 11.1. The normalized spacial score (nSPS) is 9.81. The van der Waals surface area contributed by atoms with E-state index in [1.54, 1.807) is 0 Å². The summed E-state index contributed by atoms with van der Waals surface area (Å²) in [5.74, 6) is 0. The third-order valence-electron chi connectivity index (χ3n) is 1.83. The van der Waals surface area contributed by atoms with E-state index in [-0.39, 0.29) is 6.29 Å². The lowest BCUT2D eigenvalue weighted by atomic mass is 10.4. The van der Waals surface area contributed by atoms with Gasteiger partial charge in [-0.25, -0.2) is 0 Å². The fourth-order valence-electron chi connectivity index (χ4n) is 0.928. The Labute approximate surface area is 120 Å². The van der Waals surface area contributed by atoms with Crippen LogP contribution in [0.25, 0.3) is 0 Å². The van der Waals surface area contributed by atoms with Crippen molar-refractivity contribution in [3.8, 4) is 0 Å². The van der Waals surface area contributed by atoms with Crippen LogP contribution in [0, 0.1) is 6.04 Å². The summed E-state index contributed by atoms with van der Waals surface area (Å²) in [7, 11) is 10.8. The highest BCUT2D eigenvalue weighted by Crippen LogP contribution is 2.01. The zero-order chi connectivity index (χ0) is 12.6. The van der Waals surface area contributed by atoms with E-state index < -0.39 is 18.2 Å². The molecule has 1 radical (unpaired) electrons. The molecule has 0 saturated carbocycles. The van der Waals surface area contributed by atoms with Crippen molar-refractivity contribution in [2.24, 2.45) is 0 Å². The van der Waals surface area contributed by atoms with Crippen LogP contribution in [0.2, 0.25) is 0 Å². The first-order valence-electron chi connectivity index (χ1n) is 5.91. The predicted molar refractivity (Wildman–Crippen MR) is 77.2 cm³/mol. The van der Waals surface area contributed by atoms with Crippen LogP contribution in [0.15, 0.2) is 0 Å². The molecule has 0 saturated heterocycles. The van der Waals surface area contributed by atoms with E-state index in [4.69, 9.17) is 27.6 Å². The molecule has 0 heterocycles. The van der Waals surface area contributed by atoms with E-state index in [1.807, 2.05) is 0 Å². The Kier molecular flexibility index (Phi) is 23.3. The van der Waals surface area contributed by atoms with Gasteiger partial charge in [-0.2, -0.15) is 0 Å². The maximum atomic E-state index is 5.54. The Morgan fingerprint density at radius 2 is 1.50 bits per heavy atom. The lowest BCUT2D eigenvalue weighted by Crippen LogP contribution is -2.19. The summed E-state index contributed by atoms with van der Waals surface area (Å²) in [6.45, 7) is 5.99. The van der Waals surface area contributed by atoms with Crippen LogP contribution in [0.3, 0.4) is 0 Å². The molecule has 0 aliphatic heterocycles. The average molecular weight is 299 g/mol. The average Bonchev–Trinajstić information content (AvgIpc) is 2.28. The van der Waals surface area contributed by atoms with Gasteiger partial charge in [0.25, 0.3) is 0 Å². The van der Waals surface area contributed by atoms with Crippen molar-refractivity contribution in [1.29, 1.82) is 0 Å². The molecule has 0 aliphatic carbocycles. The van der Waals surface area contributed by atoms with Crippen LogP contribution < -0.4 is 0 Å². The van der Waals surface area contributed by atoms with Gasteiger partial charge in [-0.3, -0.25) is 0 Å². The van der Waals surface area contributed by atoms with Crippen molar-refractivity contribution in [1.82, 2.24) is 0 Å². The Bertz CT molecular complexity index is 113. The van der Waals surface area contributed by atoms with Gasteiger partial charge in [-0.1, -0.05) is 26.7 Å². The number of halogens is 2. The van der Waals surface area contributed by atoms with Crippen molar-refractivity contribution in [3.63, 3.8) is 0 Å². The largest absolute Gasteiger partial charge is 0.618 e. The Balaban J connectivity index is 0. The van der Waals surface area contributed by atoms with Crippen LogP contribution in [-0.4, -0.2) is 47.9 Å². The highest BCUT2D eigenvalue weighted by molar-refractivity contribution is 7.22. The van der Waals surface area contributed by atoms with E-state index in [0.29, 0.717) is 0 Å². The van der Waals surface area contributed by atoms with Crippen LogP contribution in [0.4, 0.5) is 0 Å². The van der Waals surface area contributed by atoms with Crippen molar-refractivity contribution < 1.29 is 9.47 Å². The van der Waals surface area contributed by atoms with Gasteiger partial charge >= 0.3 is 18.2 Å². The number of ether oxygens (including phenoxy) is 2. The molecular formula is C10H23Cl2MgO2Si. The van der Waals surface area contributed by atoms with Crippen molar-refractivity contribution in [2.75, 3.05) is 13.2 Å². The summed E-state index contributed by atoms with van der Waals surface area (Å²) in [5.41, 5.74) is 0. The van der Waals surface area contributed by atoms with Crippen molar-refractivity contribution in [2.45, 2.75) is 45.8 Å². The molecule has 0 aliphatic rings. The fraction of sp³-hybridized carbons (Fsp3) is 0.900. The van der Waals surface area contributed by atoms with E-state index in [2.05, 4.69) is 19.9 Å². The summed E-state index contributed by atoms with van der Waals surface area (Å²) in [6.07, 6.45) is 4.59. The molecule has 0 amide bonds. The molecule has 2 nitrogen and oxygen atoms in total. The maximum absolute atomic E-state index is 5.54. The molecule has 0 aromatic heterocycles. The topological polar surface area (TPSA) is 18.5 Å². The molecule has 0 aromatic rings. The number of unbranched alkanes of at least 4 members (excludes halogenated alkanes) is 2.